The number of esters is 1. The molecule has 0 N–H and O–H groups in total. The molecule has 3 heteroatoms. The highest BCUT2D eigenvalue weighted by Crippen LogP contribution is 2.45. The van der Waals surface area contributed by atoms with E-state index in [4.69, 9.17) is 4.74 Å². The third-order valence-corrected chi connectivity index (χ3v) is 3.12. The summed E-state index contributed by atoms with van der Waals surface area (Å²) >= 11 is 0. The maximum absolute atomic E-state index is 11.8. The maximum atomic E-state index is 11.8. The molecule has 1 aliphatic rings. The molecule has 0 amide bonds. The Bertz CT molecular complexity index is 388. The van der Waals surface area contributed by atoms with E-state index in [0.717, 1.165) is 0 Å². The zero-order valence-corrected chi connectivity index (χ0v) is 10.6. The van der Waals surface area contributed by atoms with E-state index < -0.39 is 0 Å². The highest BCUT2D eigenvalue weighted by molar-refractivity contribution is 5.81. The van der Waals surface area contributed by atoms with Crippen molar-refractivity contribution in [1.29, 1.82) is 0 Å². The Morgan fingerprint density at radius 3 is 2.53 bits per heavy atom. The first kappa shape index (κ1) is 12.1. The van der Waals surface area contributed by atoms with Crippen LogP contribution in [0.15, 0.2) is 30.3 Å². The van der Waals surface area contributed by atoms with Gasteiger partial charge in [-0.3, -0.25) is 9.69 Å². The van der Waals surface area contributed by atoms with E-state index in [9.17, 15) is 4.79 Å². The normalized spacial score (nSPS) is 26.9. The summed E-state index contributed by atoms with van der Waals surface area (Å²) in [6, 6.07) is 10.6. The lowest BCUT2D eigenvalue weighted by Gasteiger charge is -2.07. The fourth-order valence-electron chi connectivity index (χ4n) is 2.37. The first-order valence-corrected chi connectivity index (χ1v) is 6.15. The van der Waals surface area contributed by atoms with Crippen molar-refractivity contribution < 1.29 is 9.53 Å². The minimum Gasteiger partial charge on any atom is -0.465 e. The predicted octanol–water partition coefficient (Wildman–Crippen LogP) is 2.38. The Kier molecular flexibility index (Phi) is 3.48. The van der Waals surface area contributed by atoms with Crippen LogP contribution in [0.2, 0.25) is 0 Å². The van der Waals surface area contributed by atoms with Gasteiger partial charge in [0.1, 0.15) is 6.04 Å². The molecule has 0 radical (unpaired) electrons. The summed E-state index contributed by atoms with van der Waals surface area (Å²) in [7, 11) is 0. The van der Waals surface area contributed by atoms with Gasteiger partial charge in [-0.2, -0.15) is 0 Å². The molecule has 0 spiro atoms. The fraction of sp³-hybridized carbons (Fsp3) is 0.500. The summed E-state index contributed by atoms with van der Waals surface area (Å²) in [6.45, 7) is 6.50. The average Bonchev–Trinajstić information content (AvgIpc) is 3.06. The Morgan fingerprint density at radius 1 is 1.35 bits per heavy atom. The van der Waals surface area contributed by atoms with Crippen LogP contribution in [0.3, 0.4) is 0 Å². The zero-order valence-electron chi connectivity index (χ0n) is 10.6. The van der Waals surface area contributed by atoms with Crippen molar-refractivity contribution in [3.05, 3.63) is 35.9 Å². The Balaban J connectivity index is 2.15. The van der Waals surface area contributed by atoms with Crippen LogP contribution >= 0.6 is 0 Å². The first-order chi connectivity index (χ1) is 8.16. The number of nitrogens with zero attached hydrogens (tertiary/aromatic N) is 1. The van der Waals surface area contributed by atoms with E-state index in [0.29, 0.717) is 12.6 Å². The summed E-state index contributed by atoms with van der Waals surface area (Å²) in [4.78, 5) is 14.0. The van der Waals surface area contributed by atoms with Crippen molar-refractivity contribution in [3.63, 3.8) is 0 Å². The standard InChI is InChI=1S/C14H19NO2/c1-4-17-14(16)13-12(15(13)10(2)3)11-8-6-5-7-9-11/h5-10,12-13H,4H2,1-3H3/t12-,13+,15?/m1/s1. The molecular weight excluding hydrogens is 214 g/mol. The zero-order chi connectivity index (χ0) is 12.4. The number of hydrogen-bond acceptors (Lipinski definition) is 3. The van der Waals surface area contributed by atoms with Gasteiger partial charge in [0.15, 0.2) is 0 Å². The van der Waals surface area contributed by atoms with Crippen molar-refractivity contribution >= 4 is 5.97 Å². The van der Waals surface area contributed by atoms with Gasteiger partial charge < -0.3 is 4.74 Å². The molecule has 1 aromatic carbocycles. The second-order valence-electron chi connectivity index (χ2n) is 4.59. The van der Waals surface area contributed by atoms with Crippen LogP contribution in [0.1, 0.15) is 32.4 Å². The van der Waals surface area contributed by atoms with Gasteiger partial charge >= 0.3 is 5.97 Å². The quantitative estimate of drug-likeness (QED) is 0.590. The third kappa shape index (κ3) is 2.34. The van der Waals surface area contributed by atoms with Gasteiger partial charge in [0.05, 0.1) is 12.6 Å². The van der Waals surface area contributed by atoms with Gasteiger partial charge in [0.2, 0.25) is 0 Å². The fourth-order valence-corrected chi connectivity index (χ4v) is 2.37. The highest BCUT2D eigenvalue weighted by atomic mass is 16.5. The van der Waals surface area contributed by atoms with Crippen LogP contribution in [-0.2, 0) is 9.53 Å². The number of carbonyl (C=O) groups is 1. The molecule has 0 saturated carbocycles. The molecule has 0 bridgehead atoms. The topological polar surface area (TPSA) is 29.3 Å². The summed E-state index contributed by atoms with van der Waals surface area (Å²) in [6.07, 6.45) is 0. The van der Waals surface area contributed by atoms with Crippen molar-refractivity contribution in [2.45, 2.75) is 38.9 Å². The Hall–Kier alpha value is -1.35. The molecule has 17 heavy (non-hydrogen) atoms. The number of carbonyl (C=O) groups excluding carboxylic acids is 1. The van der Waals surface area contributed by atoms with Crippen molar-refractivity contribution in [3.8, 4) is 0 Å². The molecule has 1 fully saturated rings. The van der Waals surface area contributed by atoms with E-state index in [-0.39, 0.29) is 18.1 Å². The van der Waals surface area contributed by atoms with E-state index >= 15 is 0 Å². The molecule has 0 aliphatic carbocycles. The van der Waals surface area contributed by atoms with Gasteiger partial charge in [-0.1, -0.05) is 30.3 Å². The summed E-state index contributed by atoms with van der Waals surface area (Å²) in [5.41, 5.74) is 1.19. The molecule has 2 rings (SSSR count). The molecular formula is C14H19NO2. The lowest BCUT2D eigenvalue weighted by Crippen LogP contribution is -2.20. The van der Waals surface area contributed by atoms with Crippen molar-refractivity contribution in [2.75, 3.05) is 6.61 Å². The van der Waals surface area contributed by atoms with E-state index in [1.165, 1.54) is 5.56 Å². The molecule has 1 saturated heterocycles. The molecule has 3 nitrogen and oxygen atoms in total. The van der Waals surface area contributed by atoms with Crippen molar-refractivity contribution in [1.82, 2.24) is 4.90 Å². The van der Waals surface area contributed by atoms with Gasteiger partial charge in [0, 0.05) is 6.04 Å². The second-order valence-corrected chi connectivity index (χ2v) is 4.59. The first-order valence-electron chi connectivity index (χ1n) is 6.15. The number of hydrogen-bond donors (Lipinski definition) is 0. The molecule has 1 aliphatic heterocycles. The lowest BCUT2D eigenvalue weighted by molar-refractivity contribution is -0.143. The SMILES string of the molecule is CCOC(=O)[C@@H]1[C@@H](c2ccccc2)N1C(C)C. The Labute approximate surface area is 102 Å². The summed E-state index contributed by atoms with van der Waals surface area (Å²) in [5, 5.41) is 0. The minimum absolute atomic E-state index is 0.0997. The molecule has 92 valence electrons. The van der Waals surface area contributed by atoms with Crippen LogP contribution in [0, 0.1) is 0 Å². The molecule has 3 atom stereocenters. The molecule has 0 aromatic heterocycles. The molecule has 1 heterocycles. The largest absolute Gasteiger partial charge is 0.465 e. The second kappa shape index (κ2) is 4.88. The number of rotatable bonds is 4. The van der Waals surface area contributed by atoms with Gasteiger partial charge in [0.25, 0.3) is 0 Å². The van der Waals surface area contributed by atoms with Gasteiger partial charge in [-0.05, 0) is 26.3 Å². The third-order valence-electron chi connectivity index (χ3n) is 3.12. The lowest BCUT2D eigenvalue weighted by atomic mass is 10.1. The molecule has 1 unspecified atom stereocenters. The summed E-state index contributed by atoms with van der Waals surface area (Å²) < 4.78 is 5.12. The van der Waals surface area contributed by atoms with Crippen LogP contribution in [-0.4, -0.2) is 29.6 Å². The summed E-state index contributed by atoms with van der Waals surface area (Å²) in [5.74, 6) is -0.102. The number of ether oxygens (including phenoxy) is 1. The maximum Gasteiger partial charge on any atom is 0.325 e. The predicted molar refractivity (Wildman–Crippen MR) is 66.6 cm³/mol. The van der Waals surface area contributed by atoms with Crippen LogP contribution < -0.4 is 0 Å². The number of benzene rings is 1. The Morgan fingerprint density at radius 2 is 2.00 bits per heavy atom. The monoisotopic (exact) mass is 233 g/mol. The van der Waals surface area contributed by atoms with Crippen LogP contribution in [0.5, 0.6) is 0 Å². The highest BCUT2D eigenvalue weighted by Gasteiger charge is 2.55. The van der Waals surface area contributed by atoms with E-state index in [1.807, 2.05) is 25.1 Å². The van der Waals surface area contributed by atoms with Gasteiger partial charge in [-0.25, -0.2) is 0 Å². The van der Waals surface area contributed by atoms with Gasteiger partial charge in [-0.15, -0.1) is 0 Å². The van der Waals surface area contributed by atoms with E-state index in [1.54, 1.807) is 0 Å². The molecule has 1 aromatic rings. The van der Waals surface area contributed by atoms with E-state index in [2.05, 4.69) is 30.9 Å². The average molecular weight is 233 g/mol. The van der Waals surface area contributed by atoms with Crippen LogP contribution in [0.25, 0.3) is 0 Å². The smallest absolute Gasteiger partial charge is 0.325 e. The minimum atomic E-state index is -0.102. The van der Waals surface area contributed by atoms with Crippen molar-refractivity contribution in [2.24, 2.45) is 0 Å². The van der Waals surface area contributed by atoms with Crippen LogP contribution in [0.4, 0.5) is 0 Å².